The molecule has 0 radical (unpaired) electrons. The number of allylic oxidation sites excluding steroid dienone is 1. The molecule has 0 aliphatic heterocycles. The molecule has 0 N–H and O–H groups in total. The summed E-state index contributed by atoms with van der Waals surface area (Å²) in [6, 6.07) is 12.6. The molecule has 0 saturated carbocycles. The summed E-state index contributed by atoms with van der Waals surface area (Å²) in [6.07, 6.45) is 2.86. The molecule has 2 rings (SSSR count). The standard InChI is InChI=1S/C18H13F2NO3/c1-23-17-10-12(6-8-16(17)24-18(19)20)5-7-15(22)14-4-2-3-13(9-14)11-21/h2-10,18H,1H3/b7-5+. The molecular weight excluding hydrogens is 316 g/mol. The maximum Gasteiger partial charge on any atom is 0.387 e. The van der Waals surface area contributed by atoms with Gasteiger partial charge in [0.05, 0.1) is 18.7 Å². The summed E-state index contributed by atoms with van der Waals surface area (Å²) in [5.74, 6) is -0.229. The highest BCUT2D eigenvalue weighted by molar-refractivity contribution is 6.07. The average Bonchev–Trinajstić information content (AvgIpc) is 2.60. The first-order valence-corrected chi connectivity index (χ1v) is 6.89. The molecule has 0 heterocycles. The summed E-state index contributed by atoms with van der Waals surface area (Å²) in [5, 5.41) is 8.84. The Morgan fingerprint density at radius 1 is 1.21 bits per heavy atom. The molecule has 0 aliphatic carbocycles. The monoisotopic (exact) mass is 329 g/mol. The van der Waals surface area contributed by atoms with E-state index in [1.54, 1.807) is 18.2 Å². The Bertz CT molecular complexity index is 810. The van der Waals surface area contributed by atoms with Gasteiger partial charge in [-0.3, -0.25) is 4.79 Å². The van der Waals surface area contributed by atoms with E-state index >= 15 is 0 Å². The summed E-state index contributed by atoms with van der Waals surface area (Å²) in [6.45, 7) is -2.95. The van der Waals surface area contributed by atoms with Gasteiger partial charge in [-0.15, -0.1) is 0 Å². The Balaban J connectivity index is 2.19. The van der Waals surface area contributed by atoms with Gasteiger partial charge >= 0.3 is 6.61 Å². The van der Waals surface area contributed by atoms with E-state index in [1.165, 1.54) is 43.5 Å². The second kappa shape index (κ2) is 7.88. The highest BCUT2D eigenvalue weighted by Crippen LogP contribution is 2.29. The lowest BCUT2D eigenvalue weighted by molar-refractivity contribution is -0.0512. The van der Waals surface area contributed by atoms with E-state index < -0.39 is 6.61 Å². The van der Waals surface area contributed by atoms with Crippen LogP contribution in [0, 0.1) is 11.3 Å². The Labute approximate surface area is 137 Å². The lowest BCUT2D eigenvalue weighted by Gasteiger charge is -2.10. The first kappa shape index (κ1) is 17.2. The van der Waals surface area contributed by atoms with Crippen LogP contribution in [0.3, 0.4) is 0 Å². The number of ether oxygens (including phenoxy) is 2. The summed E-state index contributed by atoms with van der Waals surface area (Å²) in [4.78, 5) is 12.1. The minimum absolute atomic E-state index is 0.0855. The third-order valence-corrected chi connectivity index (χ3v) is 3.11. The van der Waals surface area contributed by atoms with E-state index in [0.717, 1.165) is 0 Å². The van der Waals surface area contributed by atoms with Crippen molar-refractivity contribution in [2.75, 3.05) is 7.11 Å². The van der Waals surface area contributed by atoms with Crippen LogP contribution in [-0.2, 0) is 0 Å². The van der Waals surface area contributed by atoms with Crippen molar-refractivity contribution in [2.24, 2.45) is 0 Å². The maximum atomic E-state index is 12.3. The molecule has 0 atom stereocenters. The quantitative estimate of drug-likeness (QED) is 0.592. The number of hydrogen-bond donors (Lipinski definition) is 0. The van der Waals surface area contributed by atoms with Crippen LogP contribution in [0.25, 0.3) is 6.08 Å². The average molecular weight is 329 g/mol. The number of halogens is 2. The highest BCUT2D eigenvalue weighted by atomic mass is 19.3. The predicted molar refractivity (Wildman–Crippen MR) is 84.1 cm³/mol. The van der Waals surface area contributed by atoms with Gasteiger partial charge in [-0.05, 0) is 35.9 Å². The molecule has 0 saturated heterocycles. The van der Waals surface area contributed by atoms with Gasteiger partial charge in [0.25, 0.3) is 0 Å². The van der Waals surface area contributed by atoms with Crippen LogP contribution in [-0.4, -0.2) is 19.5 Å². The summed E-state index contributed by atoms with van der Waals surface area (Å²) < 4.78 is 33.9. The van der Waals surface area contributed by atoms with Gasteiger partial charge < -0.3 is 9.47 Å². The van der Waals surface area contributed by atoms with Gasteiger partial charge in [0.2, 0.25) is 0 Å². The van der Waals surface area contributed by atoms with Gasteiger partial charge in [0.15, 0.2) is 17.3 Å². The van der Waals surface area contributed by atoms with E-state index in [-0.39, 0.29) is 17.3 Å². The molecule has 0 spiro atoms. The topological polar surface area (TPSA) is 59.3 Å². The van der Waals surface area contributed by atoms with Crippen molar-refractivity contribution in [1.82, 2.24) is 0 Å². The van der Waals surface area contributed by atoms with Crippen LogP contribution in [0.4, 0.5) is 8.78 Å². The van der Waals surface area contributed by atoms with Crippen LogP contribution >= 0.6 is 0 Å². The third-order valence-electron chi connectivity index (χ3n) is 3.11. The second-order valence-corrected chi connectivity index (χ2v) is 4.68. The number of ketones is 1. The molecule has 0 unspecified atom stereocenters. The molecule has 0 aliphatic rings. The zero-order chi connectivity index (χ0) is 17.5. The van der Waals surface area contributed by atoms with E-state index in [9.17, 15) is 13.6 Å². The first-order valence-electron chi connectivity index (χ1n) is 6.89. The van der Waals surface area contributed by atoms with Crippen LogP contribution < -0.4 is 9.47 Å². The predicted octanol–water partition coefficient (Wildman–Crippen LogP) is 4.06. The molecular formula is C18H13F2NO3. The van der Waals surface area contributed by atoms with Gasteiger partial charge in [-0.2, -0.15) is 14.0 Å². The largest absolute Gasteiger partial charge is 0.493 e. The molecule has 4 nitrogen and oxygen atoms in total. The van der Waals surface area contributed by atoms with Crippen molar-refractivity contribution in [1.29, 1.82) is 5.26 Å². The third kappa shape index (κ3) is 4.40. The Morgan fingerprint density at radius 3 is 2.67 bits per heavy atom. The number of rotatable bonds is 6. The second-order valence-electron chi connectivity index (χ2n) is 4.68. The molecule has 24 heavy (non-hydrogen) atoms. The van der Waals surface area contributed by atoms with E-state index in [1.807, 2.05) is 6.07 Å². The maximum absolute atomic E-state index is 12.3. The van der Waals surface area contributed by atoms with Crippen LogP contribution in [0.1, 0.15) is 21.5 Å². The van der Waals surface area contributed by atoms with Crippen molar-refractivity contribution in [3.63, 3.8) is 0 Å². The number of hydrogen-bond acceptors (Lipinski definition) is 4. The molecule has 0 bridgehead atoms. The SMILES string of the molecule is COc1cc(/C=C/C(=O)c2cccc(C#N)c2)ccc1OC(F)F. The lowest BCUT2D eigenvalue weighted by Crippen LogP contribution is -2.03. The zero-order valence-corrected chi connectivity index (χ0v) is 12.7. The highest BCUT2D eigenvalue weighted by Gasteiger charge is 2.10. The van der Waals surface area contributed by atoms with Gasteiger partial charge in [0.1, 0.15) is 0 Å². The fourth-order valence-electron chi connectivity index (χ4n) is 1.99. The molecule has 2 aromatic rings. The number of alkyl halides is 2. The smallest absolute Gasteiger partial charge is 0.387 e. The normalized spacial score (nSPS) is 10.6. The summed E-state index contributed by atoms with van der Waals surface area (Å²) in [5.41, 5.74) is 1.36. The van der Waals surface area contributed by atoms with E-state index in [4.69, 9.17) is 10.00 Å². The fourth-order valence-corrected chi connectivity index (χ4v) is 1.99. The van der Waals surface area contributed by atoms with Gasteiger partial charge in [0, 0.05) is 5.56 Å². The molecule has 122 valence electrons. The van der Waals surface area contributed by atoms with Gasteiger partial charge in [-0.1, -0.05) is 24.3 Å². The molecule has 0 fully saturated rings. The van der Waals surface area contributed by atoms with Crippen molar-refractivity contribution in [3.8, 4) is 17.6 Å². The van der Waals surface area contributed by atoms with Crippen LogP contribution in [0.15, 0.2) is 48.5 Å². The van der Waals surface area contributed by atoms with E-state index in [0.29, 0.717) is 16.7 Å². The molecule has 0 amide bonds. The van der Waals surface area contributed by atoms with Crippen molar-refractivity contribution >= 4 is 11.9 Å². The number of methoxy groups -OCH3 is 1. The molecule has 2 aromatic carbocycles. The summed E-state index contributed by atoms with van der Waals surface area (Å²) in [7, 11) is 1.33. The minimum Gasteiger partial charge on any atom is -0.493 e. The van der Waals surface area contributed by atoms with Gasteiger partial charge in [-0.25, -0.2) is 0 Å². The number of carbonyl (C=O) groups is 1. The lowest BCUT2D eigenvalue weighted by atomic mass is 10.1. The van der Waals surface area contributed by atoms with Crippen molar-refractivity contribution in [3.05, 3.63) is 65.2 Å². The Morgan fingerprint density at radius 2 is 2.00 bits per heavy atom. The Hall–Kier alpha value is -3.20. The van der Waals surface area contributed by atoms with Crippen LogP contribution in [0.5, 0.6) is 11.5 Å². The van der Waals surface area contributed by atoms with E-state index in [2.05, 4.69) is 4.74 Å². The number of benzene rings is 2. The zero-order valence-electron chi connectivity index (χ0n) is 12.7. The van der Waals surface area contributed by atoms with Crippen LogP contribution in [0.2, 0.25) is 0 Å². The summed E-state index contributed by atoms with van der Waals surface area (Å²) >= 11 is 0. The number of carbonyl (C=O) groups excluding carboxylic acids is 1. The minimum atomic E-state index is -2.95. The number of nitriles is 1. The first-order chi connectivity index (χ1) is 11.5. The molecule has 0 aromatic heterocycles. The number of nitrogens with zero attached hydrogens (tertiary/aromatic N) is 1. The van der Waals surface area contributed by atoms with Crippen molar-refractivity contribution in [2.45, 2.75) is 6.61 Å². The Kier molecular flexibility index (Phi) is 5.63. The molecule has 6 heteroatoms. The fraction of sp³-hybridized carbons (Fsp3) is 0.111. The van der Waals surface area contributed by atoms with Crippen molar-refractivity contribution < 1.29 is 23.0 Å².